The van der Waals surface area contributed by atoms with Gasteiger partial charge in [-0.05, 0) is 36.8 Å². The Balaban J connectivity index is 1.72. The normalized spacial score (nSPS) is 21.6. The molecule has 1 amide bonds. The Morgan fingerprint density at radius 2 is 1.68 bits per heavy atom. The van der Waals surface area contributed by atoms with Gasteiger partial charge in [-0.15, -0.1) is 0 Å². The summed E-state index contributed by atoms with van der Waals surface area (Å²) >= 11 is 0. The molecule has 0 unspecified atom stereocenters. The molecule has 7 heteroatoms. The molecule has 0 bridgehead atoms. The van der Waals surface area contributed by atoms with E-state index in [4.69, 9.17) is 4.74 Å². The second-order valence-electron chi connectivity index (χ2n) is 7.86. The molecule has 2 heterocycles. The summed E-state index contributed by atoms with van der Waals surface area (Å²) in [7, 11) is 0. The highest BCUT2D eigenvalue weighted by Gasteiger charge is 2.46. The van der Waals surface area contributed by atoms with Crippen LogP contribution in [0.1, 0.15) is 22.7 Å². The van der Waals surface area contributed by atoms with Gasteiger partial charge in [0.2, 0.25) is 0 Å². The molecule has 4 rings (SSSR count). The van der Waals surface area contributed by atoms with Crippen LogP contribution in [-0.4, -0.2) is 66.0 Å². The van der Waals surface area contributed by atoms with E-state index in [0.717, 1.165) is 24.2 Å². The van der Waals surface area contributed by atoms with Gasteiger partial charge in [-0.3, -0.25) is 14.5 Å². The minimum atomic E-state index is -0.727. The van der Waals surface area contributed by atoms with Crippen molar-refractivity contribution < 1.29 is 23.8 Å². The first-order valence-corrected chi connectivity index (χ1v) is 10.4. The summed E-state index contributed by atoms with van der Waals surface area (Å²) in [5.41, 5.74) is 2.12. The maximum atomic E-state index is 13.3. The van der Waals surface area contributed by atoms with Gasteiger partial charge in [0.15, 0.2) is 0 Å². The number of aliphatic hydroxyl groups is 1. The van der Waals surface area contributed by atoms with Crippen LogP contribution in [0.3, 0.4) is 0 Å². The predicted molar refractivity (Wildman–Crippen MR) is 114 cm³/mol. The zero-order valence-corrected chi connectivity index (χ0v) is 17.4. The molecule has 162 valence electrons. The number of aliphatic hydroxyl groups excluding tert-OH is 1. The Bertz CT molecular complexity index is 995. The molecule has 31 heavy (non-hydrogen) atoms. The van der Waals surface area contributed by atoms with Gasteiger partial charge in [0.25, 0.3) is 11.7 Å². The van der Waals surface area contributed by atoms with Gasteiger partial charge in [-0.1, -0.05) is 29.8 Å². The van der Waals surface area contributed by atoms with Gasteiger partial charge in [0, 0.05) is 31.7 Å². The summed E-state index contributed by atoms with van der Waals surface area (Å²) in [5, 5.41) is 11.0. The molecular weight excluding hydrogens is 399 g/mol. The highest BCUT2D eigenvalue weighted by Crippen LogP contribution is 2.39. The Morgan fingerprint density at radius 1 is 1.03 bits per heavy atom. The minimum absolute atomic E-state index is 0.0300. The van der Waals surface area contributed by atoms with Crippen molar-refractivity contribution in [1.29, 1.82) is 0 Å². The number of rotatable bonds is 5. The van der Waals surface area contributed by atoms with Crippen molar-refractivity contribution in [3.05, 3.63) is 76.6 Å². The number of ether oxygens (including phenoxy) is 1. The predicted octanol–water partition coefficient (Wildman–Crippen LogP) is 2.89. The number of carbonyl (C=O) groups is 2. The molecule has 0 spiro atoms. The lowest BCUT2D eigenvalue weighted by molar-refractivity contribution is -0.140. The van der Waals surface area contributed by atoms with Crippen molar-refractivity contribution in [3.8, 4) is 0 Å². The van der Waals surface area contributed by atoms with E-state index in [9.17, 15) is 19.1 Å². The summed E-state index contributed by atoms with van der Waals surface area (Å²) in [6.45, 7) is 5.75. The quantitative estimate of drug-likeness (QED) is 0.454. The third-order valence-corrected chi connectivity index (χ3v) is 5.81. The lowest BCUT2D eigenvalue weighted by Gasteiger charge is -2.31. The van der Waals surface area contributed by atoms with Crippen LogP contribution in [0.2, 0.25) is 0 Å². The molecule has 1 atom stereocenters. The number of carbonyl (C=O) groups excluding carboxylic acids is 2. The molecule has 2 fully saturated rings. The topological polar surface area (TPSA) is 70.1 Å². The maximum Gasteiger partial charge on any atom is 0.295 e. The third kappa shape index (κ3) is 4.38. The van der Waals surface area contributed by atoms with E-state index in [-0.39, 0.29) is 11.3 Å². The molecule has 0 saturated carbocycles. The van der Waals surface area contributed by atoms with Gasteiger partial charge in [-0.2, -0.15) is 0 Å². The minimum Gasteiger partial charge on any atom is -0.507 e. The molecule has 2 aromatic rings. The Labute approximate surface area is 180 Å². The van der Waals surface area contributed by atoms with E-state index < -0.39 is 23.5 Å². The Hall–Kier alpha value is -3.03. The average Bonchev–Trinajstić information content (AvgIpc) is 3.04. The van der Waals surface area contributed by atoms with E-state index in [1.54, 1.807) is 0 Å². The SMILES string of the molecule is Cc1ccc([C@@H]2C(=C(O)c3ccc(F)cc3)C(=O)C(=O)N2CCN2CCOCC2)cc1. The van der Waals surface area contributed by atoms with Crippen molar-refractivity contribution in [2.24, 2.45) is 0 Å². The van der Waals surface area contributed by atoms with Crippen molar-refractivity contribution in [1.82, 2.24) is 9.80 Å². The fraction of sp³-hybridized carbons (Fsp3) is 0.333. The smallest absolute Gasteiger partial charge is 0.295 e. The molecule has 2 saturated heterocycles. The van der Waals surface area contributed by atoms with Gasteiger partial charge in [0.05, 0.1) is 24.8 Å². The molecule has 0 radical (unpaired) electrons. The van der Waals surface area contributed by atoms with Crippen LogP contribution >= 0.6 is 0 Å². The van der Waals surface area contributed by atoms with Crippen LogP contribution in [0.5, 0.6) is 0 Å². The summed E-state index contributed by atoms with van der Waals surface area (Å²) in [4.78, 5) is 29.7. The highest BCUT2D eigenvalue weighted by atomic mass is 19.1. The molecule has 2 aromatic carbocycles. The molecule has 2 aliphatic heterocycles. The largest absolute Gasteiger partial charge is 0.507 e. The third-order valence-electron chi connectivity index (χ3n) is 5.81. The first-order valence-electron chi connectivity index (χ1n) is 10.4. The summed E-state index contributed by atoms with van der Waals surface area (Å²) < 4.78 is 18.7. The number of Topliss-reactive ketones (excluding diaryl/α,β-unsaturated/α-hetero) is 1. The van der Waals surface area contributed by atoms with Crippen molar-refractivity contribution in [2.45, 2.75) is 13.0 Å². The van der Waals surface area contributed by atoms with E-state index in [1.807, 2.05) is 31.2 Å². The first-order chi connectivity index (χ1) is 15.0. The monoisotopic (exact) mass is 424 g/mol. The number of halogens is 1. The number of morpholine rings is 1. The number of nitrogens with zero attached hydrogens (tertiary/aromatic N) is 2. The molecule has 0 aliphatic carbocycles. The van der Waals surface area contributed by atoms with E-state index >= 15 is 0 Å². The number of amides is 1. The van der Waals surface area contributed by atoms with Gasteiger partial charge >= 0.3 is 0 Å². The van der Waals surface area contributed by atoms with Crippen LogP contribution in [0.4, 0.5) is 4.39 Å². The molecule has 1 N–H and O–H groups in total. The number of aryl methyl sites for hydroxylation is 1. The molecular formula is C24H25FN2O4. The average molecular weight is 424 g/mol. The summed E-state index contributed by atoms with van der Waals surface area (Å²) in [6.07, 6.45) is 0. The van der Waals surface area contributed by atoms with Crippen LogP contribution in [-0.2, 0) is 14.3 Å². The zero-order valence-electron chi connectivity index (χ0n) is 17.4. The van der Waals surface area contributed by atoms with Gasteiger partial charge in [0.1, 0.15) is 11.6 Å². The second kappa shape index (κ2) is 8.99. The van der Waals surface area contributed by atoms with E-state index in [1.165, 1.54) is 29.2 Å². The van der Waals surface area contributed by atoms with Gasteiger partial charge < -0.3 is 14.7 Å². The number of ketones is 1. The van der Waals surface area contributed by atoms with Crippen LogP contribution in [0, 0.1) is 12.7 Å². The lowest BCUT2D eigenvalue weighted by atomic mass is 9.94. The van der Waals surface area contributed by atoms with Crippen LogP contribution < -0.4 is 0 Å². The lowest BCUT2D eigenvalue weighted by Crippen LogP contribution is -2.42. The van der Waals surface area contributed by atoms with Crippen LogP contribution in [0.25, 0.3) is 5.76 Å². The maximum absolute atomic E-state index is 13.3. The Morgan fingerprint density at radius 3 is 2.32 bits per heavy atom. The molecule has 0 aromatic heterocycles. The number of benzene rings is 2. The number of likely N-dealkylation sites (tertiary alicyclic amines) is 1. The fourth-order valence-electron chi connectivity index (χ4n) is 4.04. The summed E-state index contributed by atoms with van der Waals surface area (Å²) in [5.74, 6) is -2.10. The molecule has 6 nitrogen and oxygen atoms in total. The highest BCUT2D eigenvalue weighted by molar-refractivity contribution is 6.46. The van der Waals surface area contributed by atoms with E-state index in [0.29, 0.717) is 31.9 Å². The first kappa shape index (κ1) is 21.2. The summed E-state index contributed by atoms with van der Waals surface area (Å²) in [6, 6.07) is 12.1. The molecule has 2 aliphatic rings. The van der Waals surface area contributed by atoms with Gasteiger partial charge in [-0.25, -0.2) is 4.39 Å². The number of hydrogen-bond acceptors (Lipinski definition) is 5. The number of hydrogen-bond donors (Lipinski definition) is 1. The standard InChI is InChI=1S/C24H25FN2O4/c1-16-2-4-17(5-3-16)21-20(22(28)18-6-8-19(25)9-7-18)23(29)24(30)27(21)11-10-26-12-14-31-15-13-26/h2-9,21,28H,10-15H2,1H3/t21-/m1/s1. The van der Waals surface area contributed by atoms with Crippen molar-refractivity contribution in [3.63, 3.8) is 0 Å². The Kier molecular flexibility index (Phi) is 6.15. The van der Waals surface area contributed by atoms with Crippen molar-refractivity contribution in [2.75, 3.05) is 39.4 Å². The van der Waals surface area contributed by atoms with E-state index in [2.05, 4.69) is 4.90 Å². The second-order valence-corrected chi connectivity index (χ2v) is 7.86. The van der Waals surface area contributed by atoms with Crippen molar-refractivity contribution >= 4 is 17.4 Å². The zero-order chi connectivity index (χ0) is 22.0. The van der Waals surface area contributed by atoms with Crippen LogP contribution in [0.15, 0.2) is 54.1 Å². The fourth-order valence-corrected chi connectivity index (χ4v) is 4.04.